The van der Waals surface area contributed by atoms with Crippen molar-refractivity contribution in [2.75, 3.05) is 38.2 Å². The Hall–Kier alpha value is -2.03. The first-order valence-electron chi connectivity index (χ1n) is 9.67. The third-order valence-corrected chi connectivity index (χ3v) is 6.21. The average Bonchev–Trinajstić information content (AvgIpc) is 3.44. The molecule has 2 fully saturated rings. The van der Waals surface area contributed by atoms with Crippen molar-refractivity contribution in [3.8, 4) is 11.4 Å². The number of nitrogens with zero attached hydrogens (tertiary/aromatic N) is 5. The van der Waals surface area contributed by atoms with Crippen molar-refractivity contribution in [1.29, 1.82) is 0 Å². The number of fused-ring (bicyclic) bond motifs is 1. The Morgan fingerprint density at radius 1 is 1.15 bits per heavy atom. The lowest BCUT2D eigenvalue weighted by Gasteiger charge is -2.33. The van der Waals surface area contributed by atoms with Gasteiger partial charge in [0.1, 0.15) is 5.82 Å². The minimum Gasteiger partial charge on any atom is -0.381 e. The summed E-state index contributed by atoms with van der Waals surface area (Å²) in [6.45, 7) is 5.34. The van der Waals surface area contributed by atoms with Crippen LogP contribution in [-0.4, -0.2) is 63.6 Å². The topological polar surface area (TPSA) is 67.6 Å². The molecule has 0 bridgehead atoms. The molecule has 0 radical (unpaired) electrons. The molecule has 5 rings (SSSR count). The third-order valence-electron chi connectivity index (χ3n) is 5.52. The highest BCUT2D eigenvalue weighted by Gasteiger charge is 2.24. The number of anilines is 1. The highest BCUT2D eigenvalue weighted by atomic mass is 32.1. The van der Waals surface area contributed by atoms with Crippen LogP contribution in [0.5, 0.6) is 0 Å². The Morgan fingerprint density at radius 3 is 2.85 bits per heavy atom. The van der Waals surface area contributed by atoms with Gasteiger partial charge in [-0.05, 0) is 48.8 Å². The molecular formula is C19H24N6OS. The van der Waals surface area contributed by atoms with Crippen molar-refractivity contribution in [2.45, 2.75) is 25.3 Å². The number of nitrogens with one attached hydrogen (secondary N) is 1. The van der Waals surface area contributed by atoms with E-state index in [-0.39, 0.29) is 0 Å². The molecule has 27 heavy (non-hydrogen) atoms. The van der Waals surface area contributed by atoms with E-state index in [1.54, 1.807) is 11.3 Å². The van der Waals surface area contributed by atoms with Gasteiger partial charge in [-0.15, -0.1) is 15.3 Å². The fourth-order valence-corrected chi connectivity index (χ4v) is 4.63. The predicted molar refractivity (Wildman–Crippen MR) is 106 cm³/mol. The lowest BCUT2D eigenvalue weighted by molar-refractivity contribution is 0.154. The molecule has 2 aliphatic rings. The fourth-order valence-electron chi connectivity index (χ4n) is 4.00. The zero-order chi connectivity index (χ0) is 18.1. The number of rotatable bonds is 5. The first kappa shape index (κ1) is 17.1. The Morgan fingerprint density at radius 2 is 2.07 bits per heavy atom. The summed E-state index contributed by atoms with van der Waals surface area (Å²) in [4.78, 5) is 2.59. The number of ether oxygens (including phenoxy) is 1. The Labute approximate surface area is 162 Å². The SMILES string of the molecule is c1cc(-c2nnc3ccc(NC4CCN(CC5CCOC5)CC4)nn23)cs1. The number of piperidine rings is 1. The van der Waals surface area contributed by atoms with Crippen molar-refractivity contribution < 1.29 is 4.74 Å². The number of thiophene rings is 1. The zero-order valence-electron chi connectivity index (χ0n) is 15.3. The molecule has 2 saturated heterocycles. The van der Waals surface area contributed by atoms with Crippen LogP contribution < -0.4 is 5.32 Å². The quantitative estimate of drug-likeness (QED) is 0.730. The van der Waals surface area contributed by atoms with Crippen LogP contribution in [0.25, 0.3) is 17.0 Å². The van der Waals surface area contributed by atoms with Crippen LogP contribution in [0.3, 0.4) is 0 Å². The van der Waals surface area contributed by atoms with Crippen molar-refractivity contribution in [3.05, 3.63) is 29.0 Å². The van der Waals surface area contributed by atoms with Gasteiger partial charge in [-0.3, -0.25) is 0 Å². The van der Waals surface area contributed by atoms with E-state index in [0.717, 1.165) is 67.9 Å². The highest BCUT2D eigenvalue weighted by Crippen LogP contribution is 2.22. The lowest BCUT2D eigenvalue weighted by atomic mass is 10.0. The molecule has 2 aliphatic heterocycles. The summed E-state index contributed by atoms with van der Waals surface area (Å²) in [6, 6.07) is 6.50. The van der Waals surface area contributed by atoms with Crippen LogP contribution >= 0.6 is 11.3 Å². The molecule has 142 valence electrons. The van der Waals surface area contributed by atoms with Gasteiger partial charge < -0.3 is 15.0 Å². The molecule has 0 aliphatic carbocycles. The Balaban J connectivity index is 1.23. The largest absolute Gasteiger partial charge is 0.381 e. The maximum atomic E-state index is 5.50. The number of hydrogen-bond donors (Lipinski definition) is 1. The van der Waals surface area contributed by atoms with Gasteiger partial charge in [0.05, 0.1) is 6.61 Å². The van der Waals surface area contributed by atoms with E-state index in [1.807, 2.05) is 28.1 Å². The molecule has 0 spiro atoms. The standard InChI is InChI=1S/C19H24N6OS/c1-2-18-21-22-19(15-6-10-27-13-15)25(18)23-17(1)20-16-3-7-24(8-4-16)11-14-5-9-26-12-14/h1-2,6,10,13-14,16H,3-5,7-9,11-12H2,(H,20,23). The molecule has 8 heteroatoms. The van der Waals surface area contributed by atoms with E-state index in [2.05, 4.69) is 25.8 Å². The Bertz CT molecular complexity index is 881. The van der Waals surface area contributed by atoms with Gasteiger partial charge in [0.25, 0.3) is 0 Å². The van der Waals surface area contributed by atoms with Crippen molar-refractivity contribution >= 4 is 22.8 Å². The molecule has 0 amide bonds. The van der Waals surface area contributed by atoms with E-state index in [4.69, 9.17) is 9.84 Å². The summed E-state index contributed by atoms with van der Waals surface area (Å²) in [5, 5.41) is 21.0. The molecule has 1 unspecified atom stereocenters. The molecule has 0 saturated carbocycles. The summed E-state index contributed by atoms with van der Waals surface area (Å²) in [6.07, 6.45) is 3.51. The van der Waals surface area contributed by atoms with Gasteiger partial charge >= 0.3 is 0 Å². The van der Waals surface area contributed by atoms with E-state index >= 15 is 0 Å². The second kappa shape index (κ2) is 7.53. The summed E-state index contributed by atoms with van der Waals surface area (Å²) >= 11 is 1.65. The Kier molecular flexibility index (Phi) is 4.77. The second-order valence-corrected chi connectivity index (χ2v) is 8.25. The maximum absolute atomic E-state index is 5.50. The number of likely N-dealkylation sites (tertiary alicyclic amines) is 1. The van der Waals surface area contributed by atoms with E-state index in [9.17, 15) is 0 Å². The monoisotopic (exact) mass is 384 g/mol. The molecule has 5 heterocycles. The summed E-state index contributed by atoms with van der Waals surface area (Å²) in [5.74, 6) is 2.41. The van der Waals surface area contributed by atoms with Gasteiger partial charge in [0, 0.05) is 43.2 Å². The first-order valence-corrected chi connectivity index (χ1v) is 10.6. The number of hydrogen-bond acceptors (Lipinski definition) is 7. The van der Waals surface area contributed by atoms with E-state index < -0.39 is 0 Å². The van der Waals surface area contributed by atoms with Gasteiger partial charge in [0.2, 0.25) is 0 Å². The van der Waals surface area contributed by atoms with Gasteiger partial charge in [-0.2, -0.15) is 15.9 Å². The average molecular weight is 385 g/mol. The van der Waals surface area contributed by atoms with Gasteiger partial charge in [-0.25, -0.2) is 0 Å². The highest BCUT2D eigenvalue weighted by molar-refractivity contribution is 7.08. The second-order valence-electron chi connectivity index (χ2n) is 7.47. The van der Waals surface area contributed by atoms with Gasteiger partial charge in [0.15, 0.2) is 11.5 Å². The van der Waals surface area contributed by atoms with Gasteiger partial charge in [-0.1, -0.05) is 0 Å². The number of aromatic nitrogens is 4. The molecule has 1 atom stereocenters. The fraction of sp³-hybridized carbons (Fsp3) is 0.526. The van der Waals surface area contributed by atoms with Crippen LogP contribution in [0.4, 0.5) is 5.82 Å². The maximum Gasteiger partial charge on any atom is 0.186 e. The summed E-state index contributed by atoms with van der Waals surface area (Å²) in [5.41, 5.74) is 1.83. The van der Waals surface area contributed by atoms with Crippen LogP contribution in [0.1, 0.15) is 19.3 Å². The third kappa shape index (κ3) is 3.69. The van der Waals surface area contributed by atoms with Crippen LogP contribution in [0.2, 0.25) is 0 Å². The van der Waals surface area contributed by atoms with E-state index in [0.29, 0.717) is 6.04 Å². The van der Waals surface area contributed by atoms with Crippen LogP contribution in [0, 0.1) is 5.92 Å². The predicted octanol–water partition coefficient (Wildman–Crippen LogP) is 2.77. The smallest absolute Gasteiger partial charge is 0.186 e. The molecule has 3 aromatic rings. The van der Waals surface area contributed by atoms with Crippen LogP contribution in [-0.2, 0) is 4.74 Å². The minimum atomic E-state index is 0.465. The normalized spacial score (nSPS) is 21.9. The molecule has 7 nitrogen and oxygen atoms in total. The van der Waals surface area contributed by atoms with Crippen LogP contribution in [0.15, 0.2) is 29.0 Å². The first-order chi connectivity index (χ1) is 13.3. The zero-order valence-corrected chi connectivity index (χ0v) is 16.1. The summed E-state index contributed by atoms with van der Waals surface area (Å²) in [7, 11) is 0. The molecular weight excluding hydrogens is 360 g/mol. The molecule has 1 N–H and O–H groups in total. The van der Waals surface area contributed by atoms with E-state index in [1.165, 1.54) is 13.0 Å². The lowest BCUT2D eigenvalue weighted by Crippen LogP contribution is -2.41. The van der Waals surface area contributed by atoms with Crippen molar-refractivity contribution in [1.82, 2.24) is 24.7 Å². The molecule has 3 aromatic heterocycles. The van der Waals surface area contributed by atoms with Crippen molar-refractivity contribution in [2.24, 2.45) is 5.92 Å². The molecule has 0 aromatic carbocycles. The summed E-state index contributed by atoms with van der Waals surface area (Å²) < 4.78 is 7.34. The van der Waals surface area contributed by atoms with Crippen molar-refractivity contribution in [3.63, 3.8) is 0 Å². The minimum absolute atomic E-state index is 0.465.